The van der Waals surface area contributed by atoms with Gasteiger partial charge < -0.3 is 5.32 Å². The van der Waals surface area contributed by atoms with Gasteiger partial charge in [0.2, 0.25) is 15.9 Å². The molecule has 1 aromatic heterocycles. The van der Waals surface area contributed by atoms with E-state index in [2.05, 4.69) is 15.0 Å². The minimum absolute atomic E-state index is 0.00206. The lowest BCUT2D eigenvalue weighted by atomic mass is 10.2. The third kappa shape index (κ3) is 5.59. The van der Waals surface area contributed by atoms with E-state index < -0.39 is 10.0 Å². The highest BCUT2D eigenvalue weighted by molar-refractivity contribution is 7.89. The summed E-state index contributed by atoms with van der Waals surface area (Å²) in [5, 5.41) is 2.87. The molecule has 0 unspecified atom stereocenters. The predicted molar refractivity (Wildman–Crippen MR) is 92.2 cm³/mol. The van der Waals surface area contributed by atoms with Crippen LogP contribution in [0.4, 0.5) is 0 Å². The fourth-order valence-electron chi connectivity index (χ4n) is 2.00. The lowest BCUT2D eigenvalue weighted by Crippen LogP contribution is -2.31. The van der Waals surface area contributed by atoms with E-state index in [1.807, 2.05) is 18.2 Å². The number of hydrogen-bond acceptors (Lipinski definition) is 4. The number of amides is 1. The molecule has 128 valence electrons. The van der Waals surface area contributed by atoms with Crippen LogP contribution >= 0.6 is 11.6 Å². The molecule has 0 aliphatic heterocycles. The average molecular weight is 368 g/mol. The molecule has 6 nitrogen and oxygen atoms in total. The molecule has 0 aliphatic carbocycles. The van der Waals surface area contributed by atoms with Crippen molar-refractivity contribution in [1.82, 2.24) is 15.0 Å². The first-order valence-electron chi connectivity index (χ1n) is 7.40. The van der Waals surface area contributed by atoms with Crippen LogP contribution in [0.5, 0.6) is 0 Å². The zero-order valence-corrected chi connectivity index (χ0v) is 14.5. The topological polar surface area (TPSA) is 88.2 Å². The quantitative estimate of drug-likeness (QED) is 0.744. The molecule has 0 saturated carbocycles. The Morgan fingerprint density at radius 2 is 1.83 bits per heavy atom. The van der Waals surface area contributed by atoms with Crippen molar-refractivity contribution in [2.45, 2.75) is 17.7 Å². The fraction of sp³-hybridized carbons (Fsp3) is 0.250. The molecule has 0 radical (unpaired) electrons. The molecule has 0 spiro atoms. The summed E-state index contributed by atoms with van der Waals surface area (Å²) < 4.78 is 26.6. The van der Waals surface area contributed by atoms with Crippen molar-refractivity contribution in [2.75, 3.05) is 13.1 Å². The Labute approximate surface area is 146 Å². The van der Waals surface area contributed by atoms with Gasteiger partial charge in [0.05, 0.1) is 5.02 Å². The molecule has 24 heavy (non-hydrogen) atoms. The van der Waals surface area contributed by atoms with E-state index in [1.165, 1.54) is 12.1 Å². The van der Waals surface area contributed by atoms with E-state index in [0.29, 0.717) is 13.0 Å². The molecule has 0 bridgehead atoms. The van der Waals surface area contributed by atoms with E-state index in [1.54, 1.807) is 18.3 Å². The number of sulfonamides is 1. The Morgan fingerprint density at radius 3 is 2.54 bits per heavy atom. The van der Waals surface area contributed by atoms with Gasteiger partial charge in [-0.15, -0.1) is 0 Å². The van der Waals surface area contributed by atoms with E-state index in [9.17, 15) is 13.2 Å². The van der Waals surface area contributed by atoms with Gasteiger partial charge in [-0.3, -0.25) is 9.78 Å². The van der Waals surface area contributed by atoms with Gasteiger partial charge in [0, 0.05) is 37.8 Å². The highest BCUT2D eigenvalue weighted by Crippen LogP contribution is 2.19. The summed E-state index contributed by atoms with van der Waals surface area (Å²) in [5.74, 6) is -0.229. The van der Waals surface area contributed by atoms with Crippen LogP contribution < -0.4 is 10.0 Å². The SMILES string of the molecule is O=C(CCNS(=O)(=O)c1ccccc1Cl)NCCc1ccccn1. The normalized spacial score (nSPS) is 11.2. The lowest BCUT2D eigenvalue weighted by molar-refractivity contribution is -0.120. The van der Waals surface area contributed by atoms with Gasteiger partial charge in [0.15, 0.2) is 0 Å². The number of carbonyl (C=O) groups is 1. The maximum atomic E-state index is 12.1. The zero-order valence-electron chi connectivity index (χ0n) is 12.9. The number of rotatable bonds is 8. The molecule has 1 aromatic carbocycles. The minimum Gasteiger partial charge on any atom is -0.356 e. The van der Waals surface area contributed by atoms with Crippen molar-refractivity contribution < 1.29 is 13.2 Å². The second-order valence-corrected chi connectivity index (χ2v) is 7.14. The highest BCUT2D eigenvalue weighted by Gasteiger charge is 2.17. The summed E-state index contributed by atoms with van der Waals surface area (Å²) in [4.78, 5) is 15.9. The van der Waals surface area contributed by atoms with Gasteiger partial charge >= 0.3 is 0 Å². The molecule has 0 aliphatic rings. The average Bonchev–Trinajstić information content (AvgIpc) is 2.56. The van der Waals surface area contributed by atoms with Gasteiger partial charge in [-0.2, -0.15) is 0 Å². The third-order valence-electron chi connectivity index (χ3n) is 3.20. The number of carbonyl (C=O) groups excluding carboxylic acids is 1. The van der Waals surface area contributed by atoms with E-state index >= 15 is 0 Å². The molecule has 1 amide bonds. The first-order valence-corrected chi connectivity index (χ1v) is 9.26. The molecular weight excluding hydrogens is 350 g/mol. The Bertz CT molecular complexity index is 782. The number of nitrogens with zero attached hydrogens (tertiary/aromatic N) is 1. The smallest absolute Gasteiger partial charge is 0.242 e. The van der Waals surface area contributed by atoms with Crippen molar-refractivity contribution in [3.8, 4) is 0 Å². The van der Waals surface area contributed by atoms with Gasteiger partial charge in [-0.25, -0.2) is 13.1 Å². The molecule has 0 saturated heterocycles. The Hall–Kier alpha value is -1.96. The monoisotopic (exact) mass is 367 g/mol. The van der Waals surface area contributed by atoms with Crippen molar-refractivity contribution in [2.24, 2.45) is 0 Å². The van der Waals surface area contributed by atoms with Crippen molar-refractivity contribution in [3.63, 3.8) is 0 Å². The highest BCUT2D eigenvalue weighted by atomic mass is 35.5. The number of nitrogens with one attached hydrogen (secondary N) is 2. The van der Waals surface area contributed by atoms with Crippen molar-refractivity contribution in [3.05, 3.63) is 59.4 Å². The van der Waals surface area contributed by atoms with Crippen LogP contribution in [0.3, 0.4) is 0 Å². The molecule has 8 heteroatoms. The van der Waals surface area contributed by atoms with Crippen molar-refractivity contribution >= 4 is 27.5 Å². The van der Waals surface area contributed by atoms with Crippen LogP contribution in [0.25, 0.3) is 0 Å². The number of aromatic nitrogens is 1. The molecule has 0 fully saturated rings. The van der Waals surface area contributed by atoms with Gasteiger partial charge in [-0.05, 0) is 24.3 Å². The Kier molecular flexibility index (Phi) is 6.72. The second-order valence-electron chi connectivity index (χ2n) is 5.00. The molecule has 2 N–H and O–H groups in total. The fourth-order valence-corrected chi connectivity index (χ4v) is 3.55. The first-order chi connectivity index (χ1) is 11.5. The summed E-state index contributed by atoms with van der Waals surface area (Å²) in [7, 11) is -3.72. The molecule has 2 rings (SSSR count). The number of pyridine rings is 1. The van der Waals surface area contributed by atoms with Crippen LogP contribution in [-0.2, 0) is 21.2 Å². The van der Waals surface area contributed by atoms with Crippen LogP contribution in [0.1, 0.15) is 12.1 Å². The van der Waals surface area contributed by atoms with Gasteiger partial charge in [0.1, 0.15) is 4.90 Å². The summed E-state index contributed by atoms with van der Waals surface area (Å²) in [6.45, 7) is 0.454. The first kappa shape index (κ1) is 18.4. The molecule has 0 atom stereocenters. The maximum Gasteiger partial charge on any atom is 0.242 e. The van der Waals surface area contributed by atoms with E-state index in [4.69, 9.17) is 11.6 Å². The van der Waals surface area contributed by atoms with E-state index in [0.717, 1.165) is 5.69 Å². The number of benzene rings is 1. The molecular formula is C16H18ClN3O3S. The van der Waals surface area contributed by atoms with Crippen LogP contribution in [-0.4, -0.2) is 32.4 Å². The van der Waals surface area contributed by atoms with Crippen molar-refractivity contribution in [1.29, 1.82) is 0 Å². The van der Waals surface area contributed by atoms with Gasteiger partial charge in [-0.1, -0.05) is 29.8 Å². The summed E-state index contributed by atoms with van der Waals surface area (Å²) in [5.41, 5.74) is 0.886. The molecule has 1 heterocycles. The zero-order chi connectivity index (χ0) is 17.4. The predicted octanol–water partition coefficient (Wildman–Crippen LogP) is 1.76. The maximum absolute atomic E-state index is 12.1. The summed E-state index contributed by atoms with van der Waals surface area (Å²) >= 11 is 5.87. The lowest BCUT2D eigenvalue weighted by Gasteiger charge is -2.08. The summed E-state index contributed by atoms with van der Waals surface area (Å²) in [6, 6.07) is 11.7. The van der Waals surface area contributed by atoms with Crippen LogP contribution in [0.15, 0.2) is 53.6 Å². The Morgan fingerprint density at radius 1 is 1.08 bits per heavy atom. The van der Waals surface area contributed by atoms with Crippen LogP contribution in [0.2, 0.25) is 5.02 Å². The Balaban J connectivity index is 1.73. The molecule has 2 aromatic rings. The van der Waals surface area contributed by atoms with Crippen LogP contribution in [0, 0.1) is 0 Å². The summed E-state index contributed by atoms with van der Waals surface area (Å²) in [6.07, 6.45) is 2.37. The van der Waals surface area contributed by atoms with E-state index in [-0.39, 0.29) is 28.8 Å². The second kappa shape index (κ2) is 8.77. The number of hydrogen-bond donors (Lipinski definition) is 2. The van der Waals surface area contributed by atoms with Gasteiger partial charge in [0.25, 0.3) is 0 Å². The third-order valence-corrected chi connectivity index (χ3v) is 5.16. The largest absolute Gasteiger partial charge is 0.356 e. The minimum atomic E-state index is -3.72. The standard InChI is InChI=1S/C16H18ClN3O3S/c17-14-6-1-2-7-15(14)24(22,23)20-12-9-16(21)19-11-8-13-5-3-4-10-18-13/h1-7,10,20H,8-9,11-12H2,(H,19,21). The number of halogens is 1.